The van der Waals surface area contributed by atoms with Crippen molar-refractivity contribution < 1.29 is 18.7 Å². The van der Waals surface area contributed by atoms with Crippen LogP contribution in [0.25, 0.3) is 0 Å². The van der Waals surface area contributed by atoms with Gasteiger partial charge in [0.2, 0.25) is 5.91 Å². The normalized spacial score (nSPS) is 22.3. The second-order valence-corrected chi connectivity index (χ2v) is 7.24. The average Bonchev–Trinajstić information content (AvgIpc) is 3.43. The maximum Gasteiger partial charge on any atom is 0.276 e. The first-order chi connectivity index (χ1) is 12.1. The van der Waals surface area contributed by atoms with E-state index in [4.69, 9.17) is 9.15 Å². The molecular formula is C18H25N3O4. The van der Waals surface area contributed by atoms with Gasteiger partial charge in [0.25, 0.3) is 5.91 Å². The van der Waals surface area contributed by atoms with Crippen LogP contribution >= 0.6 is 0 Å². The lowest BCUT2D eigenvalue weighted by Gasteiger charge is -2.30. The minimum atomic E-state index is -0.0721. The predicted molar refractivity (Wildman–Crippen MR) is 89.2 cm³/mol. The summed E-state index contributed by atoms with van der Waals surface area (Å²) in [7, 11) is 0. The molecule has 3 fully saturated rings. The molecule has 0 radical (unpaired) electrons. The standard InChI is InChI=1S/C18H25N3O4/c1-12-15(18(23)21-8-10-24-11-9-21)19-16(25-12)13-4-6-20(7-5-13)17(22)14-2-3-14/h13-14H,2-11H2,1H3. The van der Waals surface area contributed by atoms with Crippen molar-refractivity contribution in [2.24, 2.45) is 5.92 Å². The molecule has 0 spiro atoms. The Morgan fingerprint density at radius 3 is 2.32 bits per heavy atom. The molecule has 4 rings (SSSR count). The van der Waals surface area contributed by atoms with Gasteiger partial charge in [-0.05, 0) is 32.6 Å². The van der Waals surface area contributed by atoms with Crippen LogP contribution in [-0.2, 0) is 9.53 Å². The summed E-state index contributed by atoms with van der Waals surface area (Å²) in [6.07, 6.45) is 3.79. The van der Waals surface area contributed by atoms with E-state index in [0.29, 0.717) is 49.6 Å². The van der Waals surface area contributed by atoms with Crippen LogP contribution in [0, 0.1) is 12.8 Å². The zero-order valence-corrected chi connectivity index (χ0v) is 14.7. The summed E-state index contributed by atoms with van der Waals surface area (Å²) in [5.74, 6) is 1.93. The third kappa shape index (κ3) is 3.42. The number of hydrogen-bond acceptors (Lipinski definition) is 5. The Balaban J connectivity index is 1.40. The van der Waals surface area contributed by atoms with Crippen molar-refractivity contribution in [1.29, 1.82) is 0 Å². The summed E-state index contributed by atoms with van der Waals surface area (Å²) in [6.45, 7) is 5.66. The monoisotopic (exact) mass is 347 g/mol. The topological polar surface area (TPSA) is 75.9 Å². The number of oxazole rings is 1. The molecule has 7 heteroatoms. The van der Waals surface area contributed by atoms with E-state index in [9.17, 15) is 9.59 Å². The molecule has 25 heavy (non-hydrogen) atoms. The van der Waals surface area contributed by atoms with Gasteiger partial charge >= 0.3 is 0 Å². The highest BCUT2D eigenvalue weighted by molar-refractivity contribution is 5.93. The highest BCUT2D eigenvalue weighted by atomic mass is 16.5. The molecule has 0 atom stereocenters. The van der Waals surface area contributed by atoms with Crippen molar-refractivity contribution in [3.63, 3.8) is 0 Å². The van der Waals surface area contributed by atoms with E-state index < -0.39 is 0 Å². The maximum atomic E-state index is 12.6. The quantitative estimate of drug-likeness (QED) is 0.830. The number of aryl methyl sites for hydroxylation is 1. The molecule has 1 aromatic rings. The van der Waals surface area contributed by atoms with Crippen molar-refractivity contribution in [1.82, 2.24) is 14.8 Å². The first kappa shape index (κ1) is 16.6. The molecule has 3 heterocycles. The fourth-order valence-electron chi connectivity index (χ4n) is 3.64. The Hall–Kier alpha value is -1.89. The summed E-state index contributed by atoms with van der Waals surface area (Å²) >= 11 is 0. The first-order valence-corrected chi connectivity index (χ1v) is 9.26. The third-order valence-electron chi connectivity index (χ3n) is 5.40. The number of piperidine rings is 1. The molecule has 0 N–H and O–H groups in total. The minimum Gasteiger partial charge on any atom is -0.445 e. The van der Waals surface area contributed by atoms with Crippen LogP contribution in [-0.4, -0.2) is 66.0 Å². The molecule has 0 aromatic carbocycles. The number of ether oxygens (including phenoxy) is 1. The Bertz CT molecular complexity index is 653. The van der Waals surface area contributed by atoms with Crippen molar-refractivity contribution in [2.45, 2.75) is 38.5 Å². The van der Waals surface area contributed by atoms with Crippen LogP contribution in [0.5, 0.6) is 0 Å². The summed E-state index contributed by atoms with van der Waals surface area (Å²) < 4.78 is 11.1. The van der Waals surface area contributed by atoms with Crippen molar-refractivity contribution in [3.8, 4) is 0 Å². The van der Waals surface area contributed by atoms with Crippen LogP contribution < -0.4 is 0 Å². The maximum absolute atomic E-state index is 12.6. The van der Waals surface area contributed by atoms with Crippen LogP contribution in [0.15, 0.2) is 4.42 Å². The number of hydrogen-bond donors (Lipinski definition) is 0. The summed E-state index contributed by atoms with van der Waals surface area (Å²) in [5.41, 5.74) is 0.424. The number of likely N-dealkylation sites (tertiary alicyclic amines) is 1. The zero-order chi connectivity index (χ0) is 17.4. The van der Waals surface area contributed by atoms with Gasteiger partial charge in [-0.2, -0.15) is 0 Å². The van der Waals surface area contributed by atoms with Gasteiger partial charge < -0.3 is 19.0 Å². The number of rotatable bonds is 3. The van der Waals surface area contributed by atoms with Crippen molar-refractivity contribution in [2.75, 3.05) is 39.4 Å². The Labute approximate surface area is 147 Å². The SMILES string of the molecule is Cc1oc(C2CCN(C(=O)C3CC3)CC2)nc1C(=O)N1CCOCC1. The molecule has 7 nitrogen and oxygen atoms in total. The number of amides is 2. The smallest absolute Gasteiger partial charge is 0.276 e. The van der Waals surface area contributed by atoms with E-state index in [-0.39, 0.29) is 17.7 Å². The Morgan fingerprint density at radius 1 is 1.00 bits per heavy atom. The number of aromatic nitrogens is 1. The lowest BCUT2D eigenvalue weighted by Crippen LogP contribution is -2.41. The van der Waals surface area contributed by atoms with Crippen LogP contribution in [0.1, 0.15) is 53.7 Å². The summed E-state index contributed by atoms with van der Waals surface area (Å²) in [5, 5.41) is 0. The van der Waals surface area contributed by atoms with Gasteiger partial charge in [0.05, 0.1) is 13.2 Å². The fourth-order valence-corrected chi connectivity index (χ4v) is 3.64. The van der Waals surface area contributed by atoms with E-state index in [0.717, 1.165) is 38.8 Å². The second-order valence-electron chi connectivity index (χ2n) is 7.24. The van der Waals surface area contributed by atoms with E-state index in [1.165, 1.54) is 0 Å². The van der Waals surface area contributed by atoms with E-state index in [1.54, 1.807) is 11.8 Å². The zero-order valence-electron chi connectivity index (χ0n) is 14.7. The average molecular weight is 347 g/mol. The number of carbonyl (C=O) groups excluding carboxylic acids is 2. The van der Waals surface area contributed by atoms with Crippen LogP contribution in [0.4, 0.5) is 0 Å². The van der Waals surface area contributed by atoms with Crippen LogP contribution in [0.2, 0.25) is 0 Å². The van der Waals surface area contributed by atoms with E-state index >= 15 is 0 Å². The number of carbonyl (C=O) groups is 2. The van der Waals surface area contributed by atoms with Gasteiger partial charge in [-0.15, -0.1) is 0 Å². The largest absolute Gasteiger partial charge is 0.445 e. The minimum absolute atomic E-state index is 0.0721. The van der Waals surface area contributed by atoms with E-state index in [2.05, 4.69) is 4.98 Å². The summed E-state index contributed by atoms with van der Waals surface area (Å²) in [6, 6.07) is 0. The number of nitrogens with zero attached hydrogens (tertiary/aromatic N) is 3. The van der Waals surface area contributed by atoms with Gasteiger partial charge in [0.1, 0.15) is 5.76 Å². The van der Waals surface area contributed by atoms with Gasteiger partial charge in [-0.1, -0.05) is 0 Å². The Kier molecular flexibility index (Phi) is 4.50. The molecule has 1 saturated carbocycles. The van der Waals surface area contributed by atoms with Crippen LogP contribution in [0.3, 0.4) is 0 Å². The molecule has 1 aliphatic carbocycles. The predicted octanol–water partition coefficient (Wildman–Crippen LogP) is 1.57. The van der Waals surface area contributed by atoms with Crippen molar-refractivity contribution >= 4 is 11.8 Å². The van der Waals surface area contributed by atoms with Gasteiger partial charge in [0, 0.05) is 38.0 Å². The number of morpholine rings is 1. The fraction of sp³-hybridized carbons (Fsp3) is 0.722. The molecule has 2 saturated heterocycles. The lowest BCUT2D eigenvalue weighted by atomic mass is 9.96. The second kappa shape index (κ2) is 6.78. The molecule has 1 aromatic heterocycles. The van der Waals surface area contributed by atoms with Crippen molar-refractivity contribution in [3.05, 3.63) is 17.3 Å². The highest BCUT2D eigenvalue weighted by Crippen LogP contribution is 2.34. The van der Waals surface area contributed by atoms with Gasteiger partial charge in [-0.25, -0.2) is 4.98 Å². The molecule has 3 aliphatic rings. The first-order valence-electron chi connectivity index (χ1n) is 9.26. The van der Waals surface area contributed by atoms with Gasteiger partial charge in [-0.3, -0.25) is 9.59 Å². The van der Waals surface area contributed by atoms with Gasteiger partial charge in [0.15, 0.2) is 11.6 Å². The Morgan fingerprint density at radius 2 is 1.68 bits per heavy atom. The molecule has 2 amide bonds. The highest BCUT2D eigenvalue weighted by Gasteiger charge is 2.36. The molecule has 0 unspecified atom stereocenters. The molecular weight excluding hydrogens is 322 g/mol. The molecule has 2 aliphatic heterocycles. The van der Waals surface area contributed by atoms with E-state index in [1.807, 2.05) is 4.90 Å². The molecule has 136 valence electrons. The molecule has 0 bridgehead atoms. The lowest BCUT2D eigenvalue weighted by molar-refractivity contribution is -0.133. The summed E-state index contributed by atoms with van der Waals surface area (Å²) in [4.78, 5) is 33.1. The third-order valence-corrected chi connectivity index (χ3v) is 5.40.